The van der Waals surface area contributed by atoms with Gasteiger partial charge in [-0.3, -0.25) is 9.71 Å². The molecule has 0 radical (unpaired) electrons. The van der Waals surface area contributed by atoms with Gasteiger partial charge in [-0.2, -0.15) is 0 Å². The summed E-state index contributed by atoms with van der Waals surface area (Å²) in [5.41, 5.74) is 0.947. The Hall–Kier alpha value is -2.71. The monoisotopic (exact) mass is 410 g/mol. The Morgan fingerprint density at radius 2 is 1.93 bits per heavy atom. The summed E-state index contributed by atoms with van der Waals surface area (Å²) in [6, 6.07) is 10.0. The van der Waals surface area contributed by atoms with E-state index in [0.29, 0.717) is 11.8 Å². The standard InChI is InChI=1S/C18H13ClF2N2O3S/c19-15-9-14(4-5-17(15)26-11-12-2-1-7-22-10-12)23-27(24,25)18-6-3-13(20)8-16(18)21/h1-10,23H,11H2. The van der Waals surface area contributed by atoms with Gasteiger partial charge in [-0.1, -0.05) is 17.7 Å². The predicted octanol–water partition coefficient (Wildman–Crippen LogP) is 4.39. The molecule has 9 heteroatoms. The van der Waals surface area contributed by atoms with Gasteiger partial charge in [0.25, 0.3) is 10.0 Å². The van der Waals surface area contributed by atoms with Crippen molar-refractivity contribution < 1.29 is 21.9 Å². The number of hydrogen-bond donors (Lipinski definition) is 1. The van der Waals surface area contributed by atoms with Crippen LogP contribution in [-0.2, 0) is 16.6 Å². The lowest BCUT2D eigenvalue weighted by molar-refractivity contribution is 0.306. The van der Waals surface area contributed by atoms with Crippen LogP contribution < -0.4 is 9.46 Å². The number of anilines is 1. The van der Waals surface area contributed by atoms with E-state index < -0.39 is 26.6 Å². The molecule has 5 nitrogen and oxygen atoms in total. The molecular formula is C18H13ClF2N2O3S. The number of halogens is 3. The fourth-order valence-electron chi connectivity index (χ4n) is 2.23. The lowest BCUT2D eigenvalue weighted by Crippen LogP contribution is -2.14. The SMILES string of the molecule is O=S(=O)(Nc1ccc(OCc2cccnc2)c(Cl)c1)c1ccc(F)cc1F. The number of benzene rings is 2. The quantitative estimate of drug-likeness (QED) is 0.654. The molecule has 0 spiro atoms. The Labute approximate surface area is 159 Å². The first kappa shape index (κ1) is 19.1. The average Bonchev–Trinajstić information content (AvgIpc) is 2.61. The Kier molecular flexibility index (Phi) is 5.57. The molecule has 0 unspecified atom stereocenters. The van der Waals surface area contributed by atoms with Gasteiger partial charge in [-0.15, -0.1) is 0 Å². The predicted molar refractivity (Wildman–Crippen MR) is 97.2 cm³/mol. The molecule has 140 valence electrons. The van der Waals surface area contributed by atoms with Crippen LogP contribution in [0.15, 0.2) is 65.8 Å². The van der Waals surface area contributed by atoms with E-state index in [4.69, 9.17) is 16.3 Å². The molecule has 0 saturated carbocycles. The van der Waals surface area contributed by atoms with Crippen LogP contribution in [0.4, 0.5) is 14.5 Å². The topological polar surface area (TPSA) is 68.3 Å². The summed E-state index contributed by atoms with van der Waals surface area (Å²) in [6.45, 7) is 0.236. The number of sulfonamides is 1. The van der Waals surface area contributed by atoms with Gasteiger partial charge in [0.1, 0.15) is 28.9 Å². The largest absolute Gasteiger partial charge is 0.487 e. The van der Waals surface area contributed by atoms with E-state index in [0.717, 1.165) is 17.7 Å². The molecule has 0 aliphatic rings. The fraction of sp³-hybridized carbons (Fsp3) is 0.0556. The maximum atomic E-state index is 13.7. The Morgan fingerprint density at radius 3 is 2.59 bits per heavy atom. The summed E-state index contributed by atoms with van der Waals surface area (Å²) in [5.74, 6) is -1.72. The molecule has 2 aromatic carbocycles. The third-order valence-corrected chi connectivity index (χ3v) is 5.19. The van der Waals surface area contributed by atoms with Crippen molar-refractivity contribution in [3.05, 3.63) is 83.1 Å². The summed E-state index contributed by atoms with van der Waals surface area (Å²) in [6.07, 6.45) is 3.29. The van der Waals surface area contributed by atoms with Gasteiger partial charge in [-0.05, 0) is 36.4 Å². The van der Waals surface area contributed by atoms with Crippen LogP contribution in [0.5, 0.6) is 5.75 Å². The van der Waals surface area contributed by atoms with Crippen LogP contribution in [0, 0.1) is 11.6 Å². The number of aromatic nitrogens is 1. The van der Waals surface area contributed by atoms with Gasteiger partial charge >= 0.3 is 0 Å². The average molecular weight is 411 g/mol. The minimum Gasteiger partial charge on any atom is -0.487 e. The van der Waals surface area contributed by atoms with Crippen LogP contribution in [0.2, 0.25) is 5.02 Å². The smallest absolute Gasteiger partial charge is 0.264 e. The molecule has 0 amide bonds. The molecule has 27 heavy (non-hydrogen) atoms. The maximum absolute atomic E-state index is 13.7. The zero-order valence-electron chi connectivity index (χ0n) is 13.7. The fourth-order valence-corrected chi connectivity index (χ4v) is 3.57. The normalized spacial score (nSPS) is 11.2. The summed E-state index contributed by atoms with van der Waals surface area (Å²) in [5, 5.41) is 0.165. The third kappa shape index (κ3) is 4.72. The van der Waals surface area contributed by atoms with Crippen LogP contribution in [-0.4, -0.2) is 13.4 Å². The number of hydrogen-bond acceptors (Lipinski definition) is 4. The summed E-state index contributed by atoms with van der Waals surface area (Å²) in [7, 11) is -4.25. The second-order valence-electron chi connectivity index (χ2n) is 5.48. The number of pyridine rings is 1. The van der Waals surface area contributed by atoms with Crippen molar-refractivity contribution in [2.45, 2.75) is 11.5 Å². The molecule has 0 bridgehead atoms. The summed E-state index contributed by atoms with van der Waals surface area (Å²) >= 11 is 6.12. The van der Waals surface area contributed by atoms with Crippen molar-refractivity contribution >= 4 is 27.3 Å². The highest BCUT2D eigenvalue weighted by Crippen LogP contribution is 2.29. The lowest BCUT2D eigenvalue weighted by Gasteiger charge is -2.12. The zero-order chi connectivity index (χ0) is 19.4. The van der Waals surface area contributed by atoms with E-state index in [1.807, 2.05) is 6.07 Å². The van der Waals surface area contributed by atoms with E-state index in [-0.39, 0.29) is 17.3 Å². The van der Waals surface area contributed by atoms with Crippen molar-refractivity contribution in [3.8, 4) is 5.75 Å². The minimum absolute atomic E-state index is 0.109. The first-order valence-corrected chi connectivity index (χ1v) is 9.50. The number of nitrogens with one attached hydrogen (secondary N) is 1. The van der Waals surface area contributed by atoms with Crippen molar-refractivity contribution in [2.24, 2.45) is 0 Å². The first-order valence-electron chi connectivity index (χ1n) is 7.64. The lowest BCUT2D eigenvalue weighted by atomic mass is 10.3. The molecule has 3 aromatic rings. The van der Waals surface area contributed by atoms with Gasteiger partial charge in [0.15, 0.2) is 0 Å². The molecule has 1 N–H and O–H groups in total. The Morgan fingerprint density at radius 1 is 1.11 bits per heavy atom. The van der Waals surface area contributed by atoms with Gasteiger partial charge in [0.05, 0.1) is 10.7 Å². The van der Waals surface area contributed by atoms with E-state index in [9.17, 15) is 17.2 Å². The molecule has 1 heterocycles. The van der Waals surface area contributed by atoms with Crippen molar-refractivity contribution in [1.82, 2.24) is 4.98 Å². The summed E-state index contributed by atoms with van der Waals surface area (Å²) in [4.78, 5) is 3.30. The number of ether oxygens (including phenoxy) is 1. The molecule has 0 fully saturated rings. The van der Waals surface area contributed by atoms with Gasteiger partial charge in [0.2, 0.25) is 0 Å². The maximum Gasteiger partial charge on any atom is 0.264 e. The Bertz CT molecular complexity index is 1060. The van der Waals surface area contributed by atoms with Gasteiger partial charge in [0, 0.05) is 24.0 Å². The van der Waals surface area contributed by atoms with E-state index in [1.54, 1.807) is 18.5 Å². The highest BCUT2D eigenvalue weighted by molar-refractivity contribution is 7.92. The van der Waals surface area contributed by atoms with E-state index in [1.165, 1.54) is 18.2 Å². The highest BCUT2D eigenvalue weighted by atomic mass is 35.5. The van der Waals surface area contributed by atoms with Gasteiger partial charge in [-0.25, -0.2) is 17.2 Å². The number of nitrogens with zero attached hydrogens (tertiary/aromatic N) is 1. The molecular weight excluding hydrogens is 398 g/mol. The third-order valence-electron chi connectivity index (χ3n) is 3.48. The van der Waals surface area contributed by atoms with E-state index >= 15 is 0 Å². The van der Waals surface area contributed by atoms with Crippen molar-refractivity contribution in [2.75, 3.05) is 4.72 Å². The second-order valence-corrected chi connectivity index (χ2v) is 7.53. The van der Waals surface area contributed by atoms with E-state index in [2.05, 4.69) is 9.71 Å². The molecule has 0 aliphatic carbocycles. The summed E-state index contributed by atoms with van der Waals surface area (Å²) < 4.78 is 59.1. The minimum atomic E-state index is -4.25. The molecule has 0 aliphatic heterocycles. The van der Waals surface area contributed by atoms with Crippen molar-refractivity contribution in [1.29, 1.82) is 0 Å². The second kappa shape index (κ2) is 7.89. The first-order chi connectivity index (χ1) is 12.8. The van der Waals surface area contributed by atoms with Crippen molar-refractivity contribution in [3.63, 3.8) is 0 Å². The van der Waals surface area contributed by atoms with Crippen LogP contribution in [0.25, 0.3) is 0 Å². The molecule has 0 atom stereocenters. The molecule has 3 rings (SSSR count). The Balaban J connectivity index is 1.75. The van der Waals surface area contributed by atoms with Crippen LogP contribution in [0.3, 0.4) is 0 Å². The molecule has 1 aromatic heterocycles. The van der Waals surface area contributed by atoms with Crippen LogP contribution in [0.1, 0.15) is 5.56 Å². The highest BCUT2D eigenvalue weighted by Gasteiger charge is 2.20. The number of rotatable bonds is 6. The van der Waals surface area contributed by atoms with Crippen LogP contribution >= 0.6 is 11.6 Å². The van der Waals surface area contributed by atoms with Gasteiger partial charge < -0.3 is 4.74 Å². The zero-order valence-corrected chi connectivity index (χ0v) is 15.3. The molecule has 0 saturated heterocycles.